The van der Waals surface area contributed by atoms with Gasteiger partial charge in [0.25, 0.3) is 5.91 Å². The lowest BCUT2D eigenvalue weighted by Gasteiger charge is -2.24. The molecule has 2 heterocycles. The number of carbonyl (C=O) groups is 1. The van der Waals surface area contributed by atoms with Gasteiger partial charge in [-0.25, -0.2) is 0 Å². The number of ether oxygens (including phenoxy) is 1. The van der Waals surface area contributed by atoms with Crippen LogP contribution in [-0.2, 0) is 17.5 Å². The van der Waals surface area contributed by atoms with Crippen LogP contribution < -0.4 is 10.6 Å². The molecular formula is C20H19F3N2O2. The summed E-state index contributed by atoms with van der Waals surface area (Å²) in [5, 5.41) is 6.16. The number of nitrogens with one attached hydrogen (secondary N) is 2. The molecule has 4 nitrogen and oxygen atoms in total. The summed E-state index contributed by atoms with van der Waals surface area (Å²) in [6, 6.07) is 12.3. The zero-order valence-electron chi connectivity index (χ0n) is 14.4. The highest BCUT2D eigenvalue weighted by molar-refractivity contribution is 5.94. The average Bonchev–Trinajstić information content (AvgIpc) is 3.29. The Morgan fingerprint density at radius 3 is 2.59 bits per heavy atom. The van der Waals surface area contributed by atoms with Gasteiger partial charge in [0.15, 0.2) is 0 Å². The standard InChI is InChI=1S/C20H19F3N2O2/c21-20(22,23)15-6-4-12(5-7-15)10-25-19(26)14-3-1-2-13(8-14)18-17-9-16(27-18)11-24-17/h1-8,16-18,24H,9-11H2,(H,25,26)/t16-,17-,18+/m1/s1. The number of halogens is 3. The summed E-state index contributed by atoms with van der Waals surface area (Å²) < 4.78 is 43.7. The normalized spacial score (nSPS) is 24.2. The molecule has 2 aliphatic heterocycles. The monoisotopic (exact) mass is 376 g/mol. The second-order valence-corrected chi connectivity index (χ2v) is 6.93. The summed E-state index contributed by atoms with van der Waals surface area (Å²) in [5.74, 6) is -0.270. The molecular weight excluding hydrogens is 357 g/mol. The number of amides is 1. The molecule has 0 radical (unpaired) electrons. The number of carbonyl (C=O) groups excluding carboxylic acids is 1. The van der Waals surface area contributed by atoms with Crippen molar-refractivity contribution in [1.29, 1.82) is 0 Å². The molecule has 27 heavy (non-hydrogen) atoms. The van der Waals surface area contributed by atoms with Crippen molar-refractivity contribution < 1.29 is 22.7 Å². The first-order valence-corrected chi connectivity index (χ1v) is 8.83. The largest absolute Gasteiger partial charge is 0.416 e. The smallest absolute Gasteiger partial charge is 0.367 e. The Hall–Kier alpha value is -2.38. The molecule has 0 aliphatic carbocycles. The number of fused-ring (bicyclic) bond motifs is 2. The number of hydrogen-bond donors (Lipinski definition) is 2. The van der Waals surface area contributed by atoms with Crippen molar-refractivity contribution >= 4 is 5.91 Å². The van der Waals surface area contributed by atoms with Crippen molar-refractivity contribution in [1.82, 2.24) is 10.6 Å². The third kappa shape index (κ3) is 3.84. The molecule has 2 saturated heterocycles. The van der Waals surface area contributed by atoms with Crippen molar-refractivity contribution in [2.45, 2.75) is 37.4 Å². The Labute approximate surface area is 154 Å². The average molecular weight is 376 g/mol. The summed E-state index contributed by atoms with van der Waals surface area (Å²) in [6.45, 7) is 1.03. The van der Waals surface area contributed by atoms with E-state index in [1.807, 2.05) is 18.2 Å². The highest BCUT2D eigenvalue weighted by Crippen LogP contribution is 2.37. The molecule has 0 spiro atoms. The van der Waals surface area contributed by atoms with Crippen LogP contribution in [0.5, 0.6) is 0 Å². The molecule has 4 rings (SSSR count). The van der Waals surface area contributed by atoms with E-state index in [9.17, 15) is 18.0 Å². The van der Waals surface area contributed by atoms with Gasteiger partial charge < -0.3 is 15.4 Å². The minimum Gasteiger partial charge on any atom is -0.367 e. The van der Waals surface area contributed by atoms with Gasteiger partial charge in [-0.2, -0.15) is 13.2 Å². The Balaban J connectivity index is 1.39. The molecule has 0 aromatic heterocycles. The quantitative estimate of drug-likeness (QED) is 0.860. The molecule has 142 valence electrons. The van der Waals surface area contributed by atoms with Gasteiger partial charge in [0.05, 0.1) is 17.8 Å². The lowest BCUT2D eigenvalue weighted by molar-refractivity contribution is -0.137. The molecule has 2 fully saturated rings. The van der Waals surface area contributed by atoms with E-state index >= 15 is 0 Å². The summed E-state index contributed by atoms with van der Waals surface area (Å²) in [5.41, 5.74) is 1.36. The van der Waals surface area contributed by atoms with Gasteiger partial charge in [0, 0.05) is 24.7 Å². The fraction of sp³-hybridized carbons (Fsp3) is 0.350. The van der Waals surface area contributed by atoms with E-state index in [0.29, 0.717) is 11.1 Å². The van der Waals surface area contributed by atoms with Gasteiger partial charge in [-0.05, 0) is 41.8 Å². The van der Waals surface area contributed by atoms with Crippen LogP contribution in [-0.4, -0.2) is 24.6 Å². The summed E-state index contributed by atoms with van der Waals surface area (Å²) >= 11 is 0. The predicted molar refractivity (Wildman–Crippen MR) is 93.1 cm³/mol. The van der Waals surface area contributed by atoms with Gasteiger partial charge in [-0.1, -0.05) is 24.3 Å². The third-order valence-electron chi connectivity index (χ3n) is 5.04. The SMILES string of the molecule is O=C(NCc1ccc(C(F)(F)F)cc1)c1cccc([C@@H]2O[C@H]3CN[C@@H]2C3)c1. The zero-order valence-corrected chi connectivity index (χ0v) is 14.4. The van der Waals surface area contributed by atoms with Crippen LogP contribution in [0.15, 0.2) is 48.5 Å². The number of morpholine rings is 1. The molecule has 0 unspecified atom stereocenters. The van der Waals surface area contributed by atoms with E-state index in [1.165, 1.54) is 12.1 Å². The van der Waals surface area contributed by atoms with Crippen molar-refractivity contribution in [2.75, 3.05) is 6.54 Å². The number of rotatable bonds is 4. The molecule has 7 heteroatoms. The highest BCUT2D eigenvalue weighted by atomic mass is 19.4. The second-order valence-electron chi connectivity index (χ2n) is 6.93. The van der Waals surface area contributed by atoms with Crippen LogP contribution in [0, 0.1) is 0 Å². The molecule has 2 bridgehead atoms. The first-order chi connectivity index (χ1) is 12.9. The Morgan fingerprint density at radius 2 is 1.96 bits per heavy atom. The van der Waals surface area contributed by atoms with E-state index < -0.39 is 11.7 Å². The lowest BCUT2D eigenvalue weighted by atomic mass is 10.0. The van der Waals surface area contributed by atoms with Crippen LogP contribution in [0.3, 0.4) is 0 Å². The van der Waals surface area contributed by atoms with Crippen molar-refractivity contribution in [3.05, 3.63) is 70.8 Å². The second kappa shape index (κ2) is 6.98. The van der Waals surface area contributed by atoms with Crippen LogP contribution in [0.4, 0.5) is 13.2 Å². The van der Waals surface area contributed by atoms with Crippen LogP contribution >= 0.6 is 0 Å². The summed E-state index contributed by atoms with van der Waals surface area (Å²) in [7, 11) is 0. The van der Waals surface area contributed by atoms with Crippen molar-refractivity contribution in [2.24, 2.45) is 0 Å². The molecule has 2 aromatic carbocycles. The van der Waals surface area contributed by atoms with E-state index in [1.54, 1.807) is 6.07 Å². The zero-order chi connectivity index (χ0) is 19.0. The van der Waals surface area contributed by atoms with E-state index in [2.05, 4.69) is 10.6 Å². The molecule has 2 aliphatic rings. The molecule has 2 N–H and O–H groups in total. The summed E-state index contributed by atoms with van der Waals surface area (Å²) in [6.07, 6.45) is -3.20. The molecule has 0 saturated carbocycles. The fourth-order valence-corrected chi connectivity index (χ4v) is 3.63. The van der Waals surface area contributed by atoms with Gasteiger partial charge in [-0.3, -0.25) is 4.79 Å². The Morgan fingerprint density at radius 1 is 1.19 bits per heavy atom. The van der Waals surface area contributed by atoms with Crippen LogP contribution in [0.25, 0.3) is 0 Å². The third-order valence-corrected chi connectivity index (χ3v) is 5.04. The lowest BCUT2D eigenvalue weighted by Crippen LogP contribution is -2.34. The van der Waals surface area contributed by atoms with Gasteiger partial charge in [0.2, 0.25) is 0 Å². The van der Waals surface area contributed by atoms with Crippen molar-refractivity contribution in [3.8, 4) is 0 Å². The summed E-state index contributed by atoms with van der Waals surface area (Å²) in [4.78, 5) is 12.4. The first-order valence-electron chi connectivity index (χ1n) is 8.83. The van der Waals surface area contributed by atoms with E-state index in [0.717, 1.165) is 30.7 Å². The fourth-order valence-electron chi connectivity index (χ4n) is 3.63. The Kier molecular flexibility index (Phi) is 4.65. The maximum atomic E-state index is 12.6. The van der Waals surface area contributed by atoms with Crippen LogP contribution in [0.2, 0.25) is 0 Å². The molecule has 3 atom stereocenters. The van der Waals surface area contributed by atoms with Gasteiger partial charge >= 0.3 is 6.18 Å². The van der Waals surface area contributed by atoms with Crippen molar-refractivity contribution in [3.63, 3.8) is 0 Å². The maximum Gasteiger partial charge on any atom is 0.416 e. The predicted octanol–water partition coefficient (Wildman–Crippen LogP) is 3.44. The topological polar surface area (TPSA) is 50.4 Å². The van der Waals surface area contributed by atoms with Gasteiger partial charge in [0.1, 0.15) is 0 Å². The number of alkyl halides is 3. The van der Waals surface area contributed by atoms with E-state index in [4.69, 9.17) is 4.74 Å². The molecule has 2 aromatic rings. The van der Waals surface area contributed by atoms with Crippen LogP contribution in [0.1, 0.15) is 39.6 Å². The Bertz CT molecular complexity index is 836. The van der Waals surface area contributed by atoms with E-state index in [-0.39, 0.29) is 30.7 Å². The maximum absolute atomic E-state index is 12.6. The molecule has 1 amide bonds. The minimum atomic E-state index is -4.36. The first kappa shape index (κ1) is 18.0. The highest BCUT2D eigenvalue weighted by Gasteiger charge is 2.41. The van der Waals surface area contributed by atoms with Gasteiger partial charge in [-0.15, -0.1) is 0 Å². The number of benzene rings is 2. The minimum absolute atomic E-state index is 0.0496. The number of hydrogen-bond acceptors (Lipinski definition) is 3.